The van der Waals surface area contributed by atoms with E-state index in [-0.39, 0.29) is 11.7 Å². The number of benzene rings is 1. The van der Waals surface area contributed by atoms with Gasteiger partial charge < -0.3 is 15.2 Å². The van der Waals surface area contributed by atoms with Crippen molar-refractivity contribution in [1.29, 1.82) is 0 Å². The Balaban J connectivity index is 3.31. The molecular formula is C12H17BrFNO2. The Morgan fingerprint density at radius 1 is 1.35 bits per heavy atom. The molecule has 5 heteroatoms. The molecular weight excluding hydrogens is 289 g/mol. The molecule has 0 bridgehead atoms. The molecule has 96 valence electrons. The molecule has 1 aromatic rings. The zero-order chi connectivity index (χ0) is 13.0. The summed E-state index contributed by atoms with van der Waals surface area (Å²) in [4.78, 5) is 0. The molecule has 0 spiro atoms. The van der Waals surface area contributed by atoms with Gasteiger partial charge in [0.15, 0.2) is 11.6 Å². The van der Waals surface area contributed by atoms with E-state index in [2.05, 4.69) is 15.9 Å². The van der Waals surface area contributed by atoms with Gasteiger partial charge in [0.05, 0.1) is 14.2 Å². The van der Waals surface area contributed by atoms with Crippen molar-refractivity contribution in [3.05, 3.63) is 21.9 Å². The highest BCUT2D eigenvalue weighted by molar-refractivity contribution is 9.10. The molecule has 0 aromatic heterocycles. The third-order valence-electron chi connectivity index (χ3n) is 2.70. The lowest BCUT2D eigenvalue weighted by Crippen LogP contribution is -2.07. The lowest BCUT2D eigenvalue weighted by molar-refractivity contribution is 0.364. The quantitative estimate of drug-likeness (QED) is 0.909. The molecule has 0 aliphatic heterocycles. The largest absolute Gasteiger partial charge is 0.495 e. The van der Waals surface area contributed by atoms with Crippen molar-refractivity contribution in [2.45, 2.75) is 19.3 Å². The van der Waals surface area contributed by atoms with Gasteiger partial charge in [0.1, 0.15) is 10.2 Å². The minimum absolute atomic E-state index is 0.131. The van der Waals surface area contributed by atoms with Crippen molar-refractivity contribution in [2.75, 3.05) is 20.8 Å². The topological polar surface area (TPSA) is 44.5 Å². The normalized spacial score (nSPS) is 12.4. The van der Waals surface area contributed by atoms with Crippen molar-refractivity contribution < 1.29 is 13.9 Å². The molecule has 1 aromatic carbocycles. The van der Waals surface area contributed by atoms with Crippen LogP contribution >= 0.6 is 15.9 Å². The molecule has 1 unspecified atom stereocenters. The van der Waals surface area contributed by atoms with Crippen molar-refractivity contribution in [2.24, 2.45) is 5.73 Å². The van der Waals surface area contributed by atoms with Crippen LogP contribution in [-0.2, 0) is 0 Å². The molecule has 0 saturated carbocycles. The van der Waals surface area contributed by atoms with Crippen LogP contribution in [0.4, 0.5) is 4.39 Å². The summed E-state index contributed by atoms with van der Waals surface area (Å²) >= 11 is 3.30. The summed E-state index contributed by atoms with van der Waals surface area (Å²) in [6, 6.07) is 1.45. The van der Waals surface area contributed by atoms with Crippen molar-refractivity contribution in [3.63, 3.8) is 0 Å². The lowest BCUT2D eigenvalue weighted by Gasteiger charge is -2.18. The molecule has 0 fully saturated rings. The minimum atomic E-state index is -0.404. The predicted octanol–water partition coefficient (Wildman–Crippen LogP) is 3.06. The van der Waals surface area contributed by atoms with E-state index in [4.69, 9.17) is 15.2 Å². The Morgan fingerprint density at radius 3 is 2.41 bits per heavy atom. The Labute approximate surface area is 109 Å². The second-order valence-electron chi connectivity index (χ2n) is 3.81. The molecule has 0 aliphatic carbocycles. The first-order valence-electron chi connectivity index (χ1n) is 5.36. The smallest absolute Gasteiger partial charge is 0.172 e. The number of nitrogens with two attached hydrogens (primary N) is 1. The number of ether oxygens (including phenoxy) is 2. The summed E-state index contributed by atoms with van der Waals surface area (Å²) in [6.07, 6.45) is 0.772. The number of hydrogen-bond donors (Lipinski definition) is 1. The van der Waals surface area contributed by atoms with E-state index in [0.29, 0.717) is 16.8 Å². The van der Waals surface area contributed by atoms with Gasteiger partial charge in [-0.25, -0.2) is 4.39 Å². The minimum Gasteiger partial charge on any atom is -0.495 e. The lowest BCUT2D eigenvalue weighted by atomic mass is 9.96. The summed E-state index contributed by atoms with van der Waals surface area (Å²) in [5, 5.41) is 0. The summed E-state index contributed by atoms with van der Waals surface area (Å²) in [6.45, 7) is 2.54. The van der Waals surface area contributed by atoms with Crippen LogP contribution in [0, 0.1) is 5.82 Å². The zero-order valence-corrected chi connectivity index (χ0v) is 11.8. The third-order valence-corrected chi connectivity index (χ3v) is 3.42. The molecule has 3 nitrogen and oxygen atoms in total. The van der Waals surface area contributed by atoms with Gasteiger partial charge >= 0.3 is 0 Å². The fraction of sp³-hybridized carbons (Fsp3) is 0.500. The fourth-order valence-corrected chi connectivity index (χ4v) is 2.51. The monoisotopic (exact) mass is 305 g/mol. The Kier molecular flexibility index (Phi) is 5.21. The fourth-order valence-electron chi connectivity index (χ4n) is 1.77. The summed E-state index contributed by atoms with van der Waals surface area (Å²) in [5.74, 6) is 0.487. The van der Waals surface area contributed by atoms with Crippen LogP contribution in [0.5, 0.6) is 11.5 Å². The van der Waals surface area contributed by atoms with Crippen LogP contribution in [0.3, 0.4) is 0 Å². The van der Waals surface area contributed by atoms with E-state index in [0.717, 1.165) is 12.0 Å². The van der Waals surface area contributed by atoms with Gasteiger partial charge in [-0.1, -0.05) is 6.92 Å². The van der Waals surface area contributed by atoms with E-state index in [1.54, 1.807) is 7.11 Å². The van der Waals surface area contributed by atoms with E-state index in [1.807, 2.05) is 6.92 Å². The zero-order valence-electron chi connectivity index (χ0n) is 10.2. The number of rotatable bonds is 5. The second kappa shape index (κ2) is 6.21. The molecule has 1 rings (SSSR count). The van der Waals surface area contributed by atoms with Crippen LogP contribution in [0.25, 0.3) is 0 Å². The van der Waals surface area contributed by atoms with Crippen LogP contribution in [-0.4, -0.2) is 20.8 Å². The molecule has 0 amide bonds. The van der Waals surface area contributed by atoms with Gasteiger partial charge in [-0.15, -0.1) is 0 Å². The Hall–Kier alpha value is -0.810. The molecule has 17 heavy (non-hydrogen) atoms. The maximum Gasteiger partial charge on any atom is 0.172 e. The van der Waals surface area contributed by atoms with Gasteiger partial charge in [-0.05, 0) is 40.9 Å². The molecule has 1 atom stereocenters. The van der Waals surface area contributed by atoms with Crippen LogP contribution < -0.4 is 15.2 Å². The molecule has 0 saturated heterocycles. The predicted molar refractivity (Wildman–Crippen MR) is 69.3 cm³/mol. The molecule has 2 N–H and O–H groups in total. The number of halogens is 2. The highest BCUT2D eigenvalue weighted by Gasteiger charge is 2.21. The first-order valence-corrected chi connectivity index (χ1v) is 6.16. The highest BCUT2D eigenvalue weighted by Crippen LogP contribution is 2.42. The van der Waals surface area contributed by atoms with E-state index < -0.39 is 5.82 Å². The van der Waals surface area contributed by atoms with E-state index >= 15 is 0 Å². The summed E-state index contributed by atoms with van der Waals surface area (Å²) < 4.78 is 24.6. The van der Waals surface area contributed by atoms with E-state index in [9.17, 15) is 4.39 Å². The molecule has 0 heterocycles. The van der Waals surface area contributed by atoms with Crippen LogP contribution in [0.1, 0.15) is 24.8 Å². The van der Waals surface area contributed by atoms with Gasteiger partial charge in [0.25, 0.3) is 0 Å². The second-order valence-corrected chi connectivity index (χ2v) is 4.60. The van der Waals surface area contributed by atoms with Gasteiger partial charge in [0.2, 0.25) is 0 Å². The molecule has 0 radical (unpaired) electrons. The highest BCUT2D eigenvalue weighted by atomic mass is 79.9. The van der Waals surface area contributed by atoms with Crippen molar-refractivity contribution in [3.8, 4) is 11.5 Å². The maximum atomic E-state index is 13.8. The average molecular weight is 306 g/mol. The SMILES string of the molecule is COc1c(F)cc(C(C)CCN)c(OC)c1Br. The molecule has 0 aliphatic rings. The van der Waals surface area contributed by atoms with Crippen molar-refractivity contribution >= 4 is 15.9 Å². The summed E-state index contributed by atoms with van der Waals surface area (Å²) in [5.41, 5.74) is 6.31. The first-order chi connectivity index (χ1) is 8.06. The third kappa shape index (κ3) is 2.90. The standard InChI is InChI=1S/C12H17BrFNO2/c1-7(4-5-15)8-6-9(14)12(17-3)10(13)11(8)16-2/h6-7H,4-5,15H2,1-3H3. The summed E-state index contributed by atoms with van der Waals surface area (Å²) in [7, 11) is 2.97. The number of methoxy groups -OCH3 is 2. The van der Waals surface area contributed by atoms with Crippen LogP contribution in [0.15, 0.2) is 10.5 Å². The van der Waals surface area contributed by atoms with Gasteiger partial charge in [-0.2, -0.15) is 0 Å². The van der Waals surface area contributed by atoms with Gasteiger partial charge in [0, 0.05) is 5.56 Å². The Morgan fingerprint density at radius 2 is 1.94 bits per heavy atom. The average Bonchev–Trinajstić information content (AvgIpc) is 2.29. The van der Waals surface area contributed by atoms with E-state index in [1.165, 1.54) is 13.2 Å². The van der Waals surface area contributed by atoms with Crippen LogP contribution in [0.2, 0.25) is 0 Å². The van der Waals surface area contributed by atoms with Crippen molar-refractivity contribution in [1.82, 2.24) is 0 Å². The number of hydrogen-bond acceptors (Lipinski definition) is 3. The Bertz CT molecular complexity index is 399. The van der Waals surface area contributed by atoms with Gasteiger partial charge in [-0.3, -0.25) is 0 Å². The first kappa shape index (κ1) is 14.3. The maximum absolute atomic E-state index is 13.8.